The van der Waals surface area contributed by atoms with Crippen molar-refractivity contribution in [2.75, 3.05) is 0 Å². The predicted molar refractivity (Wildman–Crippen MR) is 68.4 cm³/mol. The van der Waals surface area contributed by atoms with E-state index in [0.717, 1.165) is 5.22 Å². The number of amides is 1. The number of fused-ring (bicyclic) bond motifs is 2. The Morgan fingerprint density at radius 1 is 1.26 bits per heavy atom. The molecule has 0 atom stereocenters. The molecule has 2 N–H and O–H groups in total. The molecule has 2 heterocycles. The van der Waals surface area contributed by atoms with Crippen LogP contribution in [0.1, 0.15) is 0 Å². The average molecular weight is 254 g/mol. The van der Waals surface area contributed by atoms with Gasteiger partial charge in [-0.15, -0.1) is 0 Å². The van der Waals surface area contributed by atoms with E-state index >= 15 is 0 Å². The second-order valence-corrected chi connectivity index (χ2v) is 4.12. The van der Waals surface area contributed by atoms with Gasteiger partial charge in [-0.1, -0.05) is 30.3 Å². The zero-order chi connectivity index (χ0) is 13.4. The second-order valence-electron chi connectivity index (χ2n) is 4.12. The van der Waals surface area contributed by atoms with Crippen molar-refractivity contribution >= 4 is 23.6 Å². The van der Waals surface area contributed by atoms with Gasteiger partial charge in [-0.2, -0.15) is 0 Å². The minimum absolute atomic E-state index is 0.0101. The number of nitrogens with one attached hydrogen (secondary N) is 1. The van der Waals surface area contributed by atoms with E-state index in [1.165, 1.54) is 11.1 Å². The Bertz CT molecular complexity index is 759. The lowest BCUT2D eigenvalue weighted by Crippen LogP contribution is -2.43. The van der Waals surface area contributed by atoms with Crippen LogP contribution >= 0.6 is 0 Å². The van der Waals surface area contributed by atoms with Gasteiger partial charge in [-0.3, -0.25) is 4.79 Å². The van der Waals surface area contributed by atoms with Crippen LogP contribution in [-0.2, 0) is 9.59 Å². The molecule has 0 spiro atoms. The molecule has 19 heavy (non-hydrogen) atoms. The van der Waals surface area contributed by atoms with Crippen LogP contribution in [0.4, 0.5) is 0 Å². The van der Waals surface area contributed by atoms with E-state index in [-0.39, 0.29) is 11.6 Å². The fraction of sp³-hybridized carbons (Fsp3) is 0. The van der Waals surface area contributed by atoms with Gasteiger partial charge in [-0.25, -0.2) is 4.79 Å². The number of carboxylic acids is 1. The summed E-state index contributed by atoms with van der Waals surface area (Å²) in [5.41, 5.74) is 0.330. The normalized spacial score (nSPS) is 16.6. The Kier molecular flexibility index (Phi) is 2.45. The summed E-state index contributed by atoms with van der Waals surface area (Å²) in [4.78, 5) is 24.7. The van der Waals surface area contributed by atoms with Crippen LogP contribution in [0.3, 0.4) is 0 Å². The number of nitrogens with zero attached hydrogens (tertiary/aromatic N) is 1. The minimum atomic E-state index is -1.10. The molecule has 5 nitrogen and oxygen atoms in total. The summed E-state index contributed by atoms with van der Waals surface area (Å²) in [6.07, 6.45) is 6.34. The number of rotatable bonds is 1. The van der Waals surface area contributed by atoms with Crippen molar-refractivity contribution in [3.05, 3.63) is 58.9 Å². The van der Waals surface area contributed by atoms with E-state index in [1.54, 1.807) is 18.3 Å². The molecular formula is C14H10N2O3. The molecule has 1 aromatic rings. The van der Waals surface area contributed by atoms with E-state index in [2.05, 4.69) is 5.32 Å². The maximum Gasteiger partial charge on any atom is 0.354 e. The minimum Gasteiger partial charge on any atom is -0.477 e. The number of carbonyl (C=O) groups is 2. The fourth-order valence-corrected chi connectivity index (χ4v) is 2.16. The predicted octanol–water partition coefficient (Wildman–Crippen LogP) is -0.540. The standard InChI is InChI=1S/C14H10N2O3/c17-13-12-10-6-2-1-4-9(10)5-3-7-16(12)11(8-15-13)14(18)19/h1-8H,(H,15,17)(H,18,19). The molecule has 0 fully saturated rings. The summed E-state index contributed by atoms with van der Waals surface area (Å²) in [6, 6.07) is 7.36. The Morgan fingerprint density at radius 3 is 2.84 bits per heavy atom. The van der Waals surface area contributed by atoms with Gasteiger partial charge in [0.15, 0.2) is 0 Å². The molecule has 2 aliphatic heterocycles. The molecular weight excluding hydrogens is 244 g/mol. The van der Waals surface area contributed by atoms with Gasteiger partial charge in [0.2, 0.25) is 0 Å². The Balaban J connectivity index is 2.37. The molecule has 1 aromatic carbocycles. The second kappa shape index (κ2) is 4.13. The van der Waals surface area contributed by atoms with E-state index < -0.39 is 5.97 Å². The average Bonchev–Trinajstić information content (AvgIpc) is 2.58. The summed E-state index contributed by atoms with van der Waals surface area (Å²) < 4.78 is 0. The molecule has 0 saturated heterocycles. The van der Waals surface area contributed by atoms with Crippen LogP contribution in [0.5, 0.6) is 0 Å². The van der Waals surface area contributed by atoms with Crippen LogP contribution in [0.25, 0.3) is 11.8 Å². The number of carboxylic acid groups (broad SMARTS) is 1. The van der Waals surface area contributed by atoms with Gasteiger partial charge in [0.05, 0.1) is 0 Å². The highest BCUT2D eigenvalue weighted by Crippen LogP contribution is 2.18. The smallest absolute Gasteiger partial charge is 0.354 e. The van der Waals surface area contributed by atoms with Gasteiger partial charge in [0, 0.05) is 17.6 Å². The SMILES string of the molecule is O=C(O)C1=CNC(=O)C2=c3ccccc3=CC=CN12. The molecule has 0 saturated carbocycles. The number of aliphatic carboxylic acids is 1. The first-order valence-electron chi connectivity index (χ1n) is 5.70. The summed E-state index contributed by atoms with van der Waals surface area (Å²) in [5, 5.41) is 13.2. The Labute approximate surface area is 108 Å². The van der Waals surface area contributed by atoms with Gasteiger partial charge >= 0.3 is 5.97 Å². The zero-order valence-corrected chi connectivity index (χ0v) is 9.83. The number of allylic oxidation sites excluding steroid dienone is 1. The first kappa shape index (κ1) is 11.3. The molecule has 0 radical (unpaired) electrons. The largest absolute Gasteiger partial charge is 0.477 e. The fourth-order valence-electron chi connectivity index (χ4n) is 2.16. The molecule has 0 aromatic heterocycles. The van der Waals surface area contributed by atoms with Gasteiger partial charge < -0.3 is 15.3 Å². The highest BCUT2D eigenvalue weighted by atomic mass is 16.4. The summed E-state index contributed by atoms with van der Waals surface area (Å²) >= 11 is 0. The molecule has 5 heteroatoms. The van der Waals surface area contributed by atoms with Crippen LogP contribution in [0, 0.1) is 0 Å². The summed E-state index contributed by atoms with van der Waals surface area (Å²) in [5.74, 6) is -1.42. The third kappa shape index (κ3) is 1.72. The monoisotopic (exact) mass is 254 g/mol. The maximum absolute atomic E-state index is 12.0. The lowest BCUT2D eigenvalue weighted by atomic mass is 10.1. The number of hydrogen-bond donors (Lipinski definition) is 2. The molecule has 1 amide bonds. The molecule has 2 aliphatic rings. The van der Waals surface area contributed by atoms with Gasteiger partial charge in [0.1, 0.15) is 11.4 Å². The van der Waals surface area contributed by atoms with Crippen molar-refractivity contribution < 1.29 is 14.7 Å². The van der Waals surface area contributed by atoms with Gasteiger partial charge in [0.25, 0.3) is 5.91 Å². The molecule has 0 aliphatic carbocycles. The third-order valence-electron chi connectivity index (χ3n) is 3.00. The first-order chi connectivity index (χ1) is 9.18. The lowest BCUT2D eigenvalue weighted by molar-refractivity contribution is -0.133. The molecule has 3 rings (SSSR count). The van der Waals surface area contributed by atoms with Crippen molar-refractivity contribution in [3.8, 4) is 0 Å². The summed E-state index contributed by atoms with van der Waals surface area (Å²) in [6.45, 7) is 0. The van der Waals surface area contributed by atoms with E-state index in [4.69, 9.17) is 0 Å². The summed E-state index contributed by atoms with van der Waals surface area (Å²) in [7, 11) is 0. The van der Waals surface area contributed by atoms with Crippen LogP contribution in [0.15, 0.2) is 48.4 Å². The molecule has 0 bridgehead atoms. The van der Waals surface area contributed by atoms with Gasteiger partial charge in [-0.05, 0) is 11.3 Å². The maximum atomic E-state index is 12.0. The quantitative estimate of drug-likeness (QED) is 0.706. The van der Waals surface area contributed by atoms with E-state index in [9.17, 15) is 14.7 Å². The van der Waals surface area contributed by atoms with Crippen LogP contribution in [0.2, 0.25) is 0 Å². The molecule has 0 unspecified atom stereocenters. The van der Waals surface area contributed by atoms with Crippen LogP contribution in [-0.4, -0.2) is 21.9 Å². The van der Waals surface area contributed by atoms with E-state index in [0.29, 0.717) is 10.9 Å². The Hall–Kier alpha value is -2.82. The highest BCUT2D eigenvalue weighted by Gasteiger charge is 2.28. The number of carbonyl (C=O) groups excluding carboxylic acids is 1. The van der Waals surface area contributed by atoms with Crippen molar-refractivity contribution in [1.82, 2.24) is 10.2 Å². The van der Waals surface area contributed by atoms with Crippen LogP contribution < -0.4 is 15.8 Å². The third-order valence-corrected chi connectivity index (χ3v) is 3.00. The van der Waals surface area contributed by atoms with Crippen molar-refractivity contribution in [2.45, 2.75) is 0 Å². The number of hydrogen-bond acceptors (Lipinski definition) is 3. The highest BCUT2D eigenvalue weighted by molar-refractivity contribution is 6.16. The first-order valence-corrected chi connectivity index (χ1v) is 5.70. The Morgan fingerprint density at radius 2 is 2.05 bits per heavy atom. The van der Waals surface area contributed by atoms with Crippen molar-refractivity contribution in [1.29, 1.82) is 0 Å². The van der Waals surface area contributed by atoms with Crippen molar-refractivity contribution in [2.24, 2.45) is 0 Å². The van der Waals surface area contributed by atoms with Crippen molar-refractivity contribution in [3.63, 3.8) is 0 Å². The topological polar surface area (TPSA) is 69.6 Å². The lowest BCUT2D eigenvalue weighted by Gasteiger charge is -2.26. The van der Waals surface area contributed by atoms with E-state index in [1.807, 2.05) is 24.3 Å². The zero-order valence-electron chi connectivity index (χ0n) is 9.83. The molecule has 94 valence electrons. The number of benzene rings is 1.